The van der Waals surface area contributed by atoms with E-state index in [2.05, 4.69) is 10.2 Å². The van der Waals surface area contributed by atoms with Gasteiger partial charge in [-0.25, -0.2) is 4.39 Å². The zero-order chi connectivity index (χ0) is 16.7. The van der Waals surface area contributed by atoms with Crippen molar-refractivity contribution in [2.45, 2.75) is 31.1 Å². The van der Waals surface area contributed by atoms with Crippen LogP contribution in [-0.4, -0.2) is 38.7 Å². The summed E-state index contributed by atoms with van der Waals surface area (Å²) in [6, 6.07) is 6.80. The summed E-state index contributed by atoms with van der Waals surface area (Å²) >= 11 is 0. The molecular formula is C18H21FN4O. The van der Waals surface area contributed by atoms with E-state index in [1.54, 1.807) is 18.5 Å². The fourth-order valence-corrected chi connectivity index (χ4v) is 3.84. The number of aryl methyl sites for hydroxylation is 1. The third-order valence-corrected chi connectivity index (χ3v) is 5.33. The highest BCUT2D eigenvalue weighted by atomic mass is 19.1. The Bertz CT molecular complexity index is 751. The van der Waals surface area contributed by atoms with Crippen LogP contribution in [0.15, 0.2) is 30.6 Å². The lowest BCUT2D eigenvalue weighted by Gasteiger charge is -2.31. The second-order valence-electron chi connectivity index (χ2n) is 6.87. The molecule has 2 unspecified atom stereocenters. The number of benzene rings is 1. The number of hydrogen-bond acceptors (Lipinski definition) is 3. The van der Waals surface area contributed by atoms with Gasteiger partial charge in [0.2, 0.25) is 5.91 Å². The highest BCUT2D eigenvalue weighted by molar-refractivity contribution is 5.83. The Morgan fingerprint density at radius 1 is 1.25 bits per heavy atom. The normalized spacial score (nSPS) is 24.2. The summed E-state index contributed by atoms with van der Waals surface area (Å²) in [6.07, 6.45) is 4.31. The van der Waals surface area contributed by atoms with Crippen LogP contribution in [0, 0.1) is 11.7 Å². The fraction of sp³-hybridized carbons (Fsp3) is 0.500. The highest BCUT2D eigenvalue weighted by Gasteiger charge is 2.47. The molecule has 2 aliphatic rings. The van der Waals surface area contributed by atoms with Crippen LogP contribution in [0.5, 0.6) is 0 Å². The van der Waals surface area contributed by atoms with E-state index >= 15 is 0 Å². The van der Waals surface area contributed by atoms with E-state index in [0.717, 1.165) is 38.2 Å². The Morgan fingerprint density at radius 2 is 2.00 bits per heavy atom. The standard InChI is InChI=1S/C18H21FN4O/c1-22-11-20-21-17(22)12-6-8-23(9-7-12)18(24)15-10-14(15)13-4-2-3-5-16(13)19/h2-5,11-12,14-15H,6-10H2,1H3. The molecule has 1 amide bonds. The van der Waals surface area contributed by atoms with Crippen molar-refractivity contribution < 1.29 is 9.18 Å². The van der Waals surface area contributed by atoms with E-state index in [-0.39, 0.29) is 23.6 Å². The van der Waals surface area contributed by atoms with Gasteiger partial charge in [0.1, 0.15) is 18.0 Å². The molecule has 1 saturated carbocycles. The first-order valence-electron chi connectivity index (χ1n) is 8.52. The van der Waals surface area contributed by atoms with Crippen LogP contribution in [0.1, 0.15) is 42.5 Å². The van der Waals surface area contributed by atoms with E-state index in [1.807, 2.05) is 22.6 Å². The van der Waals surface area contributed by atoms with Crippen molar-refractivity contribution in [1.29, 1.82) is 0 Å². The lowest BCUT2D eigenvalue weighted by molar-refractivity contribution is -0.133. The van der Waals surface area contributed by atoms with Crippen molar-refractivity contribution in [3.05, 3.63) is 47.8 Å². The molecule has 5 nitrogen and oxygen atoms in total. The highest BCUT2D eigenvalue weighted by Crippen LogP contribution is 2.49. The molecule has 1 aliphatic heterocycles. The third kappa shape index (κ3) is 2.70. The minimum atomic E-state index is -0.196. The predicted octanol–water partition coefficient (Wildman–Crippen LogP) is 2.46. The number of carbonyl (C=O) groups excluding carboxylic acids is 1. The number of carbonyl (C=O) groups is 1. The Balaban J connectivity index is 1.36. The third-order valence-electron chi connectivity index (χ3n) is 5.33. The van der Waals surface area contributed by atoms with Crippen molar-refractivity contribution >= 4 is 5.91 Å². The van der Waals surface area contributed by atoms with Crippen LogP contribution in [-0.2, 0) is 11.8 Å². The van der Waals surface area contributed by atoms with Gasteiger partial charge in [-0.2, -0.15) is 0 Å². The van der Waals surface area contributed by atoms with Crippen molar-refractivity contribution in [2.75, 3.05) is 13.1 Å². The molecule has 1 saturated heterocycles. The topological polar surface area (TPSA) is 51.0 Å². The maximum Gasteiger partial charge on any atom is 0.226 e. The molecule has 0 bridgehead atoms. The Labute approximate surface area is 140 Å². The smallest absolute Gasteiger partial charge is 0.226 e. The molecule has 0 N–H and O–H groups in total. The van der Waals surface area contributed by atoms with Crippen LogP contribution in [0.3, 0.4) is 0 Å². The van der Waals surface area contributed by atoms with Gasteiger partial charge in [0.25, 0.3) is 0 Å². The van der Waals surface area contributed by atoms with Crippen molar-refractivity contribution in [2.24, 2.45) is 13.0 Å². The van der Waals surface area contributed by atoms with E-state index in [4.69, 9.17) is 0 Å². The van der Waals surface area contributed by atoms with Gasteiger partial charge in [0, 0.05) is 32.0 Å². The maximum absolute atomic E-state index is 13.9. The van der Waals surface area contributed by atoms with Crippen molar-refractivity contribution in [3.8, 4) is 0 Å². The molecule has 2 heterocycles. The van der Waals surface area contributed by atoms with Crippen LogP contribution in [0.2, 0.25) is 0 Å². The number of nitrogens with zero attached hydrogens (tertiary/aromatic N) is 4. The second-order valence-corrected chi connectivity index (χ2v) is 6.87. The van der Waals surface area contributed by atoms with Crippen LogP contribution >= 0.6 is 0 Å². The summed E-state index contributed by atoms with van der Waals surface area (Å²) in [5.41, 5.74) is 0.685. The minimum absolute atomic E-state index is 0.0479. The molecule has 1 aromatic heterocycles. The predicted molar refractivity (Wildman–Crippen MR) is 86.8 cm³/mol. The molecule has 0 radical (unpaired) electrons. The van der Waals surface area contributed by atoms with Crippen molar-refractivity contribution in [1.82, 2.24) is 19.7 Å². The van der Waals surface area contributed by atoms with Crippen LogP contribution in [0.4, 0.5) is 4.39 Å². The van der Waals surface area contributed by atoms with Crippen LogP contribution < -0.4 is 0 Å². The average Bonchev–Trinajstić information content (AvgIpc) is 3.28. The lowest BCUT2D eigenvalue weighted by atomic mass is 9.95. The Kier molecular flexibility index (Phi) is 3.82. The minimum Gasteiger partial charge on any atom is -0.342 e. The van der Waals surface area contributed by atoms with Gasteiger partial charge in [-0.3, -0.25) is 4.79 Å². The number of hydrogen-bond donors (Lipinski definition) is 0. The molecule has 2 fully saturated rings. The molecule has 6 heteroatoms. The van der Waals surface area contributed by atoms with Gasteiger partial charge in [-0.15, -0.1) is 10.2 Å². The first kappa shape index (κ1) is 15.3. The summed E-state index contributed by atoms with van der Waals surface area (Å²) in [5.74, 6) is 1.35. The van der Waals surface area contributed by atoms with E-state index < -0.39 is 0 Å². The number of amides is 1. The summed E-state index contributed by atoms with van der Waals surface area (Å²) in [5, 5.41) is 8.12. The Morgan fingerprint density at radius 3 is 2.67 bits per heavy atom. The molecule has 2 atom stereocenters. The maximum atomic E-state index is 13.9. The molecule has 0 spiro atoms. The number of rotatable bonds is 3. The Hall–Kier alpha value is -2.24. The largest absolute Gasteiger partial charge is 0.342 e. The first-order valence-corrected chi connectivity index (χ1v) is 8.52. The summed E-state index contributed by atoms with van der Waals surface area (Å²) in [6.45, 7) is 1.49. The van der Waals surface area contributed by atoms with Gasteiger partial charge in [0.15, 0.2) is 0 Å². The van der Waals surface area contributed by atoms with Gasteiger partial charge in [-0.1, -0.05) is 18.2 Å². The van der Waals surface area contributed by atoms with E-state index in [1.165, 1.54) is 6.07 Å². The van der Waals surface area contributed by atoms with Gasteiger partial charge in [0.05, 0.1) is 0 Å². The van der Waals surface area contributed by atoms with Gasteiger partial charge >= 0.3 is 0 Å². The zero-order valence-corrected chi connectivity index (χ0v) is 13.7. The summed E-state index contributed by atoms with van der Waals surface area (Å²) < 4.78 is 15.8. The van der Waals surface area contributed by atoms with Gasteiger partial charge < -0.3 is 9.47 Å². The van der Waals surface area contributed by atoms with Gasteiger partial charge in [-0.05, 0) is 36.8 Å². The zero-order valence-electron chi connectivity index (χ0n) is 13.7. The molecular weight excluding hydrogens is 307 g/mol. The van der Waals surface area contributed by atoms with E-state index in [9.17, 15) is 9.18 Å². The molecule has 2 aromatic rings. The quantitative estimate of drug-likeness (QED) is 0.870. The van der Waals surface area contributed by atoms with Crippen LogP contribution in [0.25, 0.3) is 0 Å². The molecule has 1 aliphatic carbocycles. The lowest BCUT2D eigenvalue weighted by Crippen LogP contribution is -2.39. The SMILES string of the molecule is Cn1cnnc1C1CCN(C(=O)C2CC2c2ccccc2F)CC1. The van der Waals surface area contributed by atoms with E-state index in [0.29, 0.717) is 11.5 Å². The summed E-state index contributed by atoms with van der Waals surface area (Å²) in [7, 11) is 1.95. The summed E-state index contributed by atoms with van der Waals surface area (Å²) in [4.78, 5) is 14.6. The molecule has 126 valence electrons. The number of likely N-dealkylation sites (tertiary alicyclic amines) is 1. The van der Waals surface area contributed by atoms with Crippen molar-refractivity contribution in [3.63, 3.8) is 0 Å². The molecule has 1 aromatic carbocycles. The molecule has 24 heavy (non-hydrogen) atoms. The molecule has 4 rings (SSSR count). The second kappa shape index (κ2) is 6.00. The first-order chi connectivity index (χ1) is 11.6. The monoisotopic (exact) mass is 328 g/mol. The fourth-order valence-electron chi connectivity index (χ4n) is 3.84. The number of halogens is 1. The number of aromatic nitrogens is 3. The average molecular weight is 328 g/mol. The number of piperidine rings is 1.